The van der Waals surface area contributed by atoms with Crippen LogP contribution in [0.5, 0.6) is 5.75 Å². The predicted octanol–water partition coefficient (Wildman–Crippen LogP) is 7.35. The van der Waals surface area contributed by atoms with Crippen LogP contribution in [0, 0.1) is 5.92 Å². The quantitative estimate of drug-likeness (QED) is 0.105. The largest absolute Gasteiger partial charge is 0.489 e. The molecule has 2 aromatic carbocycles. The zero-order valence-corrected chi connectivity index (χ0v) is 27.4. The molecule has 1 atom stereocenters. The first kappa shape index (κ1) is 32.3. The maximum absolute atomic E-state index is 12.8. The van der Waals surface area contributed by atoms with E-state index < -0.39 is 23.7 Å². The molecule has 43 heavy (non-hydrogen) atoms. The minimum absolute atomic E-state index is 0.00535. The average molecular weight is 626 g/mol. The lowest BCUT2D eigenvalue weighted by Gasteiger charge is -2.24. The molecule has 4 rings (SSSR count). The summed E-state index contributed by atoms with van der Waals surface area (Å²) in [5.74, 6) is 0.561. The van der Waals surface area contributed by atoms with Crippen LogP contribution in [0.4, 0.5) is 16.3 Å². The van der Waals surface area contributed by atoms with Crippen LogP contribution in [0.1, 0.15) is 55.4 Å². The van der Waals surface area contributed by atoms with Crippen molar-refractivity contribution in [3.8, 4) is 5.75 Å². The van der Waals surface area contributed by atoms with E-state index in [4.69, 9.17) is 14.2 Å². The van der Waals surface area contributed by atoms with Gasteiger partial charge in [0.15, 0.2) is 0 Å². The van der Waals surface area contributed by atoms with E-state index in [1.807, 2.05) is 49.7 Å². The number of alkyl carbamates (subject to hydrolysis) is 1. The van der Waals surface area contributed by atoms with Crippen LogP contribution in [0.2, 0.25) is 0 Å². The van der Waals surface area contributed by atoms with E-state index in [1.54, 1.807) is 43.9 Å². The summed E-state index contributed by atoms with van der Waals surface area (Å²) in [6.45, 7) is 15.4. The van der Waals surface area contributed by atoms with Gasteiger partial charge in [-0.05, 0) is 51.0 Å². The van der Waals surface area contributed by atoms with Crippen molar-refractivity contribution in [1.82, 2.24) is 20.3 Å². The minimum Gasteiger partial charge on any atom is -0.489 e. The molecule has 0 aliphatic heterocycles. The highest BCUT2D eigenvalue weighted by Gasteiger charge is 2.28. The number of benzene rings is 2. The first-order valence-corrected chi connectivity index (χ1v) is 15.7. The molecule has 2 aromatic heterocycles. The number of carbonyl (C=O) groups is 2. The van der Waals surface area contributed by atoms with Crippen molar-refractivity contribution in [2.75, 3.05) is 18.5 Å². The van der Waals surface area contributed by atoms with Gasteiger partial charge in [0.25, 0.3) is 0 Å². The summed E-state index contributed by atoms with van der Waals surface area (Å²) in [5.41, 5.74) is 3.67. The number of rotatable bonds is 10. The van der Waals surface area contributed by atoms with Crippen molar-refractivity contribution >= 4 is 67.8 Å². The zero-order valence-electron chi connectivity index (χ0n) is 25.8. The van der Waals surface area contributed by atoms with Gasteiger partial charge in [0.1, 0.15) is 42.8 Å². The van der Waals surface area contributed by atoms with Crippen LogP contribution < -0.4 is 15.4 Å². The van der Waals surface area contributed by atoms with Crippen LogP contribution in [0.15, 0.2) is 47.1 Å². The number of amides is 1. The van der Waals surface area contributed by atoms with Gasteiger partial charge >= 0.3 is 12.1 Å². The third kappa shape index (κ3) is 9.17. The van der Waals surface area contributed by atoms with Gasteiger partial charge in [-0.2, -0.15) is 0 Å². The van der Waals surface area contributed by atoms with Crippen LogP contribution in [-0.2, 0) is 14.3 Å². The highest BCUT2D eigenvalue weighted by atomic mass is 32.2. The second-order valence-electron chi connectivity index (χ2n) is 12.3. The maximum Gasteiger partial charge on any atom is 0.408 e. The van der Waals surface area contributed by atoms with E-state index in [2.05, 4.69) is 46.4 Å². The number of nitrogens with zero attached hydrogens (tertiary/aromatic N) is 3. The van der Waals surface area contributed by atoms with Crippen molar-refractivity contribution in [3.63, 3.8) is 0 Å². The molecule has 0 saturated carbocycles. The molecule has 0 radical (unpaired) electrons. The van der Waals surface area contributed by atoms with Crippen LogP contribution in [0.25, 0.3) is 21.1 Å². The Labute approximate surface area is 260 Å². The Morgan fingerprint density at radius 2 is 1.74 bits per heavy atom. The van der Waals surface area contributed by atoms with Gasteiger partial charge in [-0.15, -0.1) is 23.1 Å². The Morgan fingerprint density at radius 1 is 0.977 bits per heavy atom. The van der Waals surface area contributed by atoms with Crippen LogP contribution in [0.3, 0.4) is 0 Å². The lowest BCUT2D eigenvalue weighted by atomic mass is 10.1. The van der Waals surface area contributed by atoms with Gasteiger partial charge in [0.05, 0.1) is 26.1 Å². The number of thiazole rings is 1. The summed E-state index contributed by atoms with van der Waals surface area (Å²) >= 11 is 3.26. The van der Waals surface area contributed by atoms with Gasteiger partial charge in [-0.3, -0.25) is 0 Å². The van der Waals surface area contributed by atoms with Crippen molar-refractivity contribution in [2.24, 2.45) is 5.92 Å². The summed E-state index contributed by atoms with van der Waals surface area (Å²) in [7, 11) is 0. The Morgan fingerprint density at radius 3 is 2.44 bits per heavy atom. The minimum atomic E-state index is -0.846. The number of hydrogen-bond donors (Lipinski definition) is 2. The lowest BCUT2D eigenvalue weighted by Crippen LogP contribution is -2.47. The fourth-order valence-electron chi connectivity index (χ4n) is 4.07. The number of fused-ring (bicyclic) bond motifs is 2. The van der Waals surface area contributed by atoms with Crippen molar-refractivity contribution < 1.29 is 23.8 Å². The van der Waals surface area contributed by atoms with Crippen molar-refractivity contribution in [1.29, 1.82) is 0 Å². The molecule has 2 heterocycles. The van der Waals surface area contributed by atoms with Crippen molar-refractivity contribution in [3.05, 3.63) is 42.2 Å². The molecule has 0 aliphatic rings. The smallest absolute Gasteiger partial charge is 0.408 e. The number of carbonyl (C=O) groups excluding carboxylic acids is 2. The molecule has 0 bridgehead atoms. The first-order valence-electron chi connectivity index (χ1n) is 14.1. The summed E-state index contributed by atoms with van der Waals surface area (Å²) in [4.78, 5) is 39.3. The molecule has 2 N–H and O–H groups in total. The molecule has 1 unspecified atom stereocenters. The Hall–Kier alpha value is -3.64. The fourth-order valence-corrected chi connectivity index (χ4v) is 5.79. The third-order valence-electron chi connectivity index (χ3n) is 5.89. The topological polar surface area (TPSA) is 125 Å². The van der Waals surface area contributed by atoms with E-state index in [9.17, 15) is 9.59 Å². The zero-order chi connectivity index (χ0) is 31.4. The van der Waals surface area contributed by atoms with E-state index in [0.717, 1.165) is 26.2 Å². The number of anilines is 2. The normalized spacial score (nSPS) is 12.8. The Bertz CT molecular complexity index is 1590. The van der Waals surface area contributed by atoms with E-state index in [0.29, 0.717) is 17.1 Å². The molecule has 0 saturated heterocycles. The van der Waals surface area contributed by atoms with Gasteiger partial charge in [-0.1, -0.05) is 34.6 Å². The van der Waals surface area contributed by atoms with Crippen LogP contribution in [-0.4, -0.2) is 56.6 Å². The molecule has 230 valence electrons. The number of esters is 1. The van der Waals surface area contributed by atoms with Crippen LogP contribution >= 0.6 is 23.1 Å². The third-order valence-corrected chi connectivity index (χ3v) is 7.85. The highest BCUT2D eigenvalue weighted by Crippen LogP contribution is 2.41. The SMILES string of the molecule is CC(C)C(NC(=O)OC(C)(C)C)C(=O)OCCOc1cc2ncnc(Nc3ccc4scnc4c3)c2cc1SC(C)(C)C. The maximum atomic E-state index is 12.8. The Balaban J connectivity index is 1.48. The number of aromatic nitrogens is 3. The summed E-state index contributed by atoms with van der Waals surface area (Å²) in [6.07, 6.45) is 0.844. The van der Waals surface area contributed by atoms with E-state index >= 15 is 0 Å². The summed E-state index contributed by atoms with van der Waals surface area (Å²) in [5, 5.41) is 6.88. The molecule has 10 nitrogen and oxygen atoms in total. The fraction of sp³-hybridized carbons (Fsp3) is 0.452. The van der Waals surface area contributed by atoms with E-state index in [-0.39, 0.29) is 23.9 Å². The average Bonchev–Trinajstić information content (AvgIpc) is 3.36. The van der Waals surface area contributed by atoms with Gasteiger partial charge < -0.3 is 24.8 Å². The molecule has 12 heteroatoms. The van der Waals surface area contributed by atoms with Gasteiger partial charge in [0, 0.05) is 21.9 Å². The number of thioether (sulfide) groups is 1. The Kier molecular flexibility index (Phi) is 10.0. The molecule has 4 aromatic rings. The molecule has 1 amide bonds. The molecule has 0 fully saturated rings. The van der Waals surface area contributed by atoms with Gasteiger partial charge in [-0.25, -0.2) is 24.5 Å². The second kappa shape index (κ2) is 13.3. The number of hydrogen-bond acceptors (Lipinski definition) is 11. The van der Waals surface area contributed by atoms with Gasteiger partial charge in [0.2, 0.25) is 0 Å². The first-order chi connectivity index (χ1) is 20.2. The predicted molar refractivity (Wildman–Crippen MR) is 173 cm³/mol. The molecular formula is C31H39N5O5S2. The highest BCUT2D eigenvalue weighted by molar-refractivity contribution is 8.00. The number of nitrogens with one attached hydrogen (secondary N) is 2. The summed E-state index contributed by atoms with van der Waals surface area (Å²) in [6, 6.07) is 9.09. The summed E-state index contributed by atoms with van der Waals surface area (Å²) < 4.78 is 17.9. The molecule has 0 spiro atoms. The molecular weight excluding hydrogens is 587 g/mol. The lowest BCUT2D eigenvalue weighted by molar-refractivity contribution is -0.148. The standard InChI is InChI=1S/C31H39N5O5S2/c1-18(2)26(36-29(38)41-30(3,4)5)28(37)40-12-11-39-23-15-21-20(14-25(23)43-31(6,7)8)27(33-16-32-21)35-19-9-10-24-22(13-19)34-17-42-24/h9-10,13-18,26H,11-12H2,1-8H3,(H,36,38)(H,32,33,35). The van der Waals surface area contributed by atoms with Crippen molar-refractivity contribution in [2.45, 2.75) is 76.7 Å². The molecule has 0 aliphatic carbocycles. The van der Waals surface area contributed by atoms with E-state index in [1.165, 1.54) is 6.33 Å². The number of ether oxygens (including phenoxy) is 3. The monoisotopic (exact) mass is 625 g/mol. The second-order valence-corrected chi connectivity index (χ2v) is 15.1.